The molecule has 198 valence electrons. The van der Waals surface area contributed by atoms with Crippen LogP contribution in [-0.2, 0) is 28.2 Å². The van der Waals surface area contributed by atoms with Gasteiger partial charge in [0.25, 0.3) is 0 Å². The van der Waals surface area contributed by atoms with Crippen LogP contribution in [-0.4, -0.2) is 41.0 Å². The van der Waals surface area contributed by atoms with Crippen LogP contribution in [0.4, 0.5) is 0 Å². The first-order valence-corrected chi connectivity index (χ1v) is 13.8. The average Bonchev–Trinajstić information content (AvgIpc) is 2.83. The molecular weight excluding hydrogens is 483 g/mol. The highest BCUT2D eigenvalue weighted by Gasteiger charge is 2.22. The summed E-state index contributed by atoms with van der Waals surface area (Å²) in [6.07, 6.45) is 11.5. The van der Waals surface area contributed by atoms with E-state index in [1.165, 1.54) is 44.9 Å². The van der Waals surface area contributed by atoms with Gasteiger partial charge in [-0.1, -0.05) is 77.1 Å². The fourth-order valence-electron chi connectivity index (χ4n) is 2.95. The van der Waals surface area contributed by atoms with Crippen LogP contribution >= 0.6 is 7.82 Å². The monoisotopic (exact) mass is 520 g/mol. The predicted molar refractivity (Wildman–Crippen MR) is 137 cm³/mol. The summed E-state index contributed by atoms with van der Waals surface area (Å²) in [5.41, 5.74) is 0. The molecule has 0 aliphatic rings. The van der Waals surface area contributed by atoms with E-state index in [0.717, 1.165) is 19.3 Å². The molecule has 36 heavy (non-hydrogen) atoms. The van der Waals surface area contributed by atoms with Crippen molar-refractivity contribution in [1.82, 2.24) is 0 Å². The van der Waals surface area contributed by atoms with Gasteiger partial charge in [-0.3, -0.25) is 9.32 Å². The minimum Gasteiger partial charge on any atom is -0.456 e. The number of phosphoric acid groups is 1. The van der Waals surface area contributed by atoms with Crippen molar-refractivity contribution < 1.29 is 37.9 Å². The maximum Gasteiger partial charge on any atom is 0.469 e. The molecule has 0 aromatic carbocycles. The van der Waals surface area contributed by atoms with Crippen LogP contribution in [0.25, 0.3) is 0 Å². The lowest BCUT2D eigenvalue weighted by Crippen LogP contribution is -2.29. The highest BCUT2D eigenvalue weighted by atomic mass is 31.2. The quantitative estimate of drug-likeness (QED) is 0.0904. The molecule has 2 N–H and O–H groups in total. The maximum absolute atomic E-state index is 12.1. The Morgan fingerprint density at radius 2 is 1.31 bits per heavy atom. The largest absolute Gasteiger partial charge is 0.469 e. The summed E-state index contributed by atoms with van der Waals surface area (Å²) in [6.45, 7) is 2.73. The Morgan fingerprint density at radius 1 is 0.778 bits per heavy atom. The number of carbonyl (C=O) groups excluding carboxylic acids is 2. The van der Waals surface area contributed by atoms with Crippen molar-refractivity contribution in [1.29, 1.82) is 0 Å². The molecule has 0 radical (unpaired) electrons. The van der Waals surface area contributed by atoms with Gasteiger partial charge in [0.05, 0.1) is 6.61 Å². The van der Waals surface area contributed by atoms with Gasteiger partial charge < -0.3 is 19.3 Å². The van der Waals surface area contributed by atoms with E-state index in [9.17, 15) is 14.2 Å². The Morgan fingerprint density at radius 3 is 1.86 bits per heavy atom. The lowest BCUT2D eigenvalue weighted by molar-refractivity contribution is -0.158. The molecule has 8 nitrogen and oxygen atoms in total. The zero-order valence-electron chi connectivity index (χ0n) is 21.3. The van der Waals surface area contributed by atoms with E-state index in [-0.39, 0.29) is 6.42 Å². The van der Waals surface area contributed by atoms with Crippen LogP contribution < -0.4 is 0 Å². The minimum absolute atomic E-state index is 0.149. The van der Waals surface area contributed by atoms with Crippen molar-refractivity contribution in [2.45, 2.75) is 97.0 Å². The van der Waals surface area contributed by atoms with E-state index >= 15 is 0 Å². The lowest BCUT2D eigenvalue weighted by Gasteiger charge is -2.17. The molecule has 0 aromatic rings. The van der Waals surface area contributed by atoms with Crippen molar-refractivity contribution >= 4 is 19.8 Å². The number of hydrogen-bond donors (Lipinski definition) is 2. The van der Waals surface area contributed by atoms with E-state index in [4.69, 9.17) is 19.3 Å². The van der Waals surface area contributed by atoms with Crippen LogP contribution in [0.5, 0.6) is 0 Å². The second-order valence-corrected chi connectivity index (χ2v) is 9.15. The summed E-state index contributed by atoms with van der Waals surface area (Å²) < 4.78 is 25.4. The summed E-state index contributed by atoms with van der Waals surface area (Å²) in [5, 5.41) is 0. The van der Waals surface area contributed by atoms with E-state index in [0.29, 0.717) is 6.42 Å². The molecule has 0 fully saturated rings. The third kappa shape index (κ3) is 24.4. The SMILES string of the molecule is CC#CC#CC#CC#CC(=O)OC[C@@H](COP(=O)(O)O)OC(=O)CCCCCCCCCCCCC. The first-order valence-electron chi connectivity index (χ1n) is 12.3. The normalized spacial score (nSPS) is 10.7. The van der Waals surface area contributed by atoms with E-state index in [2.05, 4.69) is 58.8 Å². The van der Waals surface area contributed by atoms with Crippen LogP contribution in [0.3, 0.4) is 0 Å². The molecule has 0 unspecified atom stereocenters. The van der Waals surface area contributed by atoms with Gasteiger partial charge in [-0.15, -0.1) is 0 Å². The topological polar surface area (TPSA) is 119 Å². The maximum atomic E-state index is 12.1. The molecule has 0 bridgehead atoms. The van der Waals surface area contributed by atoms with Crippen molar-refractivity contribution in [3.63, 3.8) is 0 Å². The molecule has 0 saturated heterocycles. The number of unbranched alkanes of at least 4 members (excludes halogenated alkanes) is 10. The van der Waals surface area contributed by atoms with Crippen molar-refractivity contribution in [3.05, 3.63) is 0 Å². The first kappa shape index (κ1) is 33.3. The van der Waals surface area contributed by atoms with Crippen LogP contribution in [0.2, 0.25) is 0 Å². The third-order valence-electron chi connectivity index (χ3n) is 4.71. The summed E-state index contributed by atoms with van der Waals surface area (Å²) in [6, 6.07) is 0. The Hall–Kier alpha value is -2.71. The minimum atomic E-state index is -4.79. The van der Waals surface area contributed by atoms with Crippen molar-refractivity contribution in [3.8, 4) is 47.4 Å². The summed E-state index contributed by atoms with van der Waals surface area (Å²) in [5.74, 6) is 17.5. The van der Waals surface area contributed by atoms with Gasteiger partial charge >= 0.3 is 19.8 Å². The fraction of sp³-hybridized carbons (Fsp3) is 0.630. The van der Waals surface area contributed by atoms with Crippen LogP contribution in [0.1, 0.15) is 90.9 Å². The summed E-state index contributed by atoms with van der Waals surface area (Å²) in [7, 11) is -4.79. The van der Waals surface area contributed by atoms with Crippen LogP contribution in [0.15, 0.2) is 0 Å². The van der Waals surface area contributed by atoms with Gasteiger partial charge in [-0.2, -0.15) is 0 Å². The molecular formula is C27H37O8P. The van der Waals surface area contributed by atoms with Gasteiger partial charge in [0.15, 0.2) is 6.10 Å². The molecule has 1 atom stereocenters. The highest BCUT2D eigenvalue weighted by molar-refractivity contribution is 7.46. The van der Waals surface area contributed by atoms with Crippen LogP contribution in [0, 0.1) is 47.4 Å². The van der Waals surface area contributed by atoms with E-state index < -0.39 is 39.1 Å². The highest BCUT2D eigenvalue weighted by Crippen LogP contribution is 2.35. The first-order chi connectivity index (χ1) is 17.3. The third-order valence-corrected chi connectivity index (χ3v) is 5.20. The number of carbonyl (C=O) groups is 2. The number of rotatable bonds is 18. The van der Waals surface area contributed by atoms with Crippen molar-refractivity contribution in [2.75, 3.05) is 13.2 Å². The second-order valence-electron chi connectivity index (χ2n) is 7.91. The van der Waals surface area contributed by atoms with Gasteiger partial charge in [0.2, 0.25) is 0 Å². The second kappa shape index (κ2) is 22.7. The molecule has 0 amide bonds. The Balaban J connectivity index is 4.34. The predicted octanol–water partition coefficient (Wildman–Crippen LogP) is 4.29. The van der Waals surface area contributed by atoms with Gasteiger partial charge in [-0.05, 0) is 48.9 Å². The molecule has 0 aliphatic carbocycles. The Kier molecular flexibility index (Phi) is 21.0. The standard InChI is InChI=1S/C27H37O8P/c1-3-5-7-9-11-12-13-14-16-18-20-22-27(29)35-25(24-34-36(30,31)32)23-33-26(28)21-19-17-15-10-8-6-4-2/h25H,3,5,7,9,11-14,16,18,20,22-24H2,1-2H3,(H2,30,31,32)/t25-/m0/s1. The number of esters is 2. The molecule has 0 heterocycles. The van der Waals surface area contributed by atoms with Gasteiger partial charge in [0, 0.05) is 12.3 Å². The molecule has 0 spiro atoms. The molecule has 0 aliphatic heterocycles. The number of hydrogen-bond acceptors (Lipinski definition) is 6. The summed E-state index contributed by atoms with van der Waals surface area (Å²) in [4.78, 5) is 41.6. The molecule has 9 heteroatoms. The van der Waals surface area contributed by atoms with Gasteiger partial charge in [0.1, 0.15) is 6.61 Å². The zero-order chi connectivity index (χ0) is 26.9. The number of ether oxygens (including phenoxy) is 2. The van der Waals surface area contributed by atoms with Gasteiger partial charge in [-0.25, -0.2) is 9.36 Å². The molecule has 0 aromatic heterocycles. The molecule has 0 saturated carbocycles. The Labute approximate surface area is 215 Å². The smallest absolute Gasteiger partial charge is 0.456 e. The van der Waals surface area contributed by atoms with E-state index in [1.54, 1.807) is 6.92 Å². The number of phosphoric ester groups is 1. The Bertz CT molecular complexity index is 937. The zero-order valence-corrected chi connectivity index (χ0v) is 22.2. The summed E-state index contributed by atoms with van der Waals surface area (Å²) >= 11 is 0. The fourth-order valence-corrected chi connectivity index (χ4v) is 3.31. The van der Waals surface area contributed by atoms with Crippen molar-refractivity contribution in [2.24, 2.45) is 0 Å². The molecule has 0 rings (SSSR count). The van der Waals surface area contributed by atoms with E-state index in [1.807, 2.05) is 0 Å². The lowest BCUT2D eigenvalue weighted by atomic mass is 10.1. The average molecular weight is 521 g/mol.